The van der Waals surface area contributed by atoms with E-state index in [1.165, 1.54) is 45.5 Å². The summed E-state index contributed by atoms with van der Waals surface area (Å²) in [7, 11) is 5.99. The summed E-state index contributed by atoms with van der Waals surface area (Å²) >= 11 is 6.27. The van der Waals surface area contributed by atoms with Gasteiger partial charge in [0, 0.05) is 22.8 Å². The number of nitrogens with zero attached hydrogens (tertiary/aromatic N) is 1. The third-order valence-corrected chi connectivity index (χ3v) is 6.97. The molecule has 0 aliphatic carbocycles. The van der Waals surface area contributed by atoms with Gasteiger partial charge in [-0.05, 0) is 37.3 Å². The molecule has 41 heavy (non-hydrogen) atoms. The lowest BCUT2D eigenvalue weighted by molar-refractivity contribution is -0.151. The van der Waals surface area contributed by atoms with Crippen molar-refractivity contribution in [2.24, 2.45) is 0 Å². The Labute approximate surface area is 242 Å². The van der Waals surface area contributed by atoms with Gasteiger partial charge in [-0.25, -0.2) is 4.39 Å². The lowest BCUT2D eigenvalue weighted by atomic mass is 9.97. The number of hydrogen-bond donors (Lipinski definition) is 0. The topological polar surface area (TPSA) is 92.8 Å². The summed E-state index contributed by atoms with van der Waals surface area (Å²) in [5.41, 5.74) is 1.68. The fourth-order valence-corrected chi connectivity index (χ4v) is 4.94. The molecule has 1 aliphatic heterocycles. The third kappa shape index (κ3) is 6.18. The maximum absolute atomic E-state index is 15.1. The molecule has 11 heteroatoms. The molecular weight excluding hydrogens is 557 g/mol. The van der Waals surface area contributed by atoms with Crippen LogP contribution in [0.25, 0.3) is 0 Å². The molecule has 3 aromatic carbocycles. The van der Waals surface area contributed by atoms with Gasteiger partial charge >= 0.3 is 5.97 Å². The first-order chi connectivity index (χ1) is 19.8. The Morgan fingerprint density at radius 1 is 0.976 bits per heavy atom. The zero-order chi connectivity index (χ0) is 29.7. The van der Waals surface area contributed by atoms with E-state index in [1.54, 1.807) is 43.3 Å². The highest BCUT2D eigenvalue weighted by atomic mass is 35.5. The Bertz CT molecular complexity index is 1430. The molecule has 0 saturated carbocycles. The van der Waals surface area contributed by atoms with Crippen molar-refractivity contribution in [2.75, 3.05) is 39.9 Å². The van der Waals surface area contributed by atoms with Gasteiger partial charge in [-0.1, -0.05) is 23.7 Å². The molecule has 9 nitrogen and oxygen atoms in total. The van der Waals surface area contributed by atoms with Crippen molar-refractivity contribution in [1.29, 1.82) is 0 Å². The quantitative estimate of drug-likeness (QED) is 0.288. The average Bonchev–Trinajstić information content (AvgIpc) is 3.07. The summed E-state index contributed by atoms with van der Waals surface area (Å²) in [6.45, 7) is 1.76. The van der Waals surface area contributed by atoms with Crippen molar-refractivity contribution in [3.8, 4) is 23.0 Å². The molecule has 0 N–H and O–H groups in total. The van der Waals surface area contributed by atoms with Gasteiger partial charge < -0.3 is 33.3 Å². The molecule has 0 aromatic heterocycles. The number of anilines is 1. The van der Waals surface area contributed by atoms with Gasteiger partial charge in [-0.3, -0.25) is 9.59 Å². The minimum Gasteiger partial charge on any atom is -0.497 e. The molecule has 0 radical (unpaired) electrons. The van der Waals surface area contributed by atoms with Crippen LogP contribution in [0.4, 0.5) is 10.1 Å². The fraction of sp³-hybridized carbons (Fsp3) is 0.333. The molecule has 218 valence electrons. The van der Waals surface area contributed by atoms with Crippen molar-refractivity contribution in [3.05, 3.63) is 76.1 Å². The molecule has 0 bridgehead atoms. The minimum absolute atomic E-state index is 0.0370. The van der Waals surface area contributed by atoms with E-state index in [0.29, 0.717) is 39.7 Å². The van der Waals surface area contributed by atoms with Crippen LogP contribution in [-0.2, 0) is 25.6 Å². The summed E-state index contributed by atoms with van der Waals surface area (Å²) in [6, 6.07) is 12.9. The highest BCUT2D eigenvalue weighted by Gasteiger charge is 2.40. The van der Waals surface area contributed by atoms with E-state index in [-0.39, 0.29) is 30.3 Å². The number of carbonyl (C=O) groups is 2. The van der Waals surface area contributed by atoms with E-state index < -0.39 is 29.9 Å². The minimum atomic E-state index is -1.30. The van der Waals surface area contributed by atoms with Crippen LogP contribution >= 0.6 is 11.6 Å². The number of carbonyl (C=O) groups excluding carboxylic acids is 2. The molecule has 0 unspecified atom stereocenters. The normalized spacial score (nSPS) is 16.5. The largest absolute Gasteiger partial charge is 0.497 e. The number of esters is 1. The number of fused-ring (bicyclic) bond motifs is 1. The summed E-state index contributed by atoms with van der Waals surface area (Å²) in [5.74, 6) is -0.168. The van der Waals surface area contributed by atoms with Gasteiger partial charge in [-0.2, -0.15) is 0 Å². The predicted molar refractivity (Wildman–Crippen MR) is 150 cm³/mol. The zero-order valence-corrected chi connectivity index (χ0v) is 24.1. The summed E-state index contributed by atoms with van der Waals surface area (Å²) in [5, 5.41) is -0.169. The standard InChI is InChI=1S/C30H31ClFNO8/c1-6-40-27(34)15-26-30(35)33(16-17-10-11-18(36-2)12-25(17)38-4)23-14-22(32)21(31)13-20(23)28(41-26)19-8-7-9-24(37-3)29(19)39-5/h7-14,26,28H,6,15-16H2,1-5H3/t26-,28-/m1/s1. The first-order valence-electron chi connectivity index (χ1n) is 12.8. The maximum atomic E-state index is 15.1. The molecule has 1 amide bonds. The average molecular weight is 588 g/mol. The van der Waals surface area contributed by atoms with E-state index >= 15 is 4.39 Å². The Hall–Kier alpha value is -4.02. The number of benzene rings is 3. The highest BCUT2D eigenvalue weighted by Crippen LogP contribution is 2.46. The van der Waals surface area contributed by atoms with Crippen molar-refractivity contribution in [1.82, 2.24) is 0 Å². The summed E-state index contributed by atoms with van der Waals surface area (Å²) < 4.78 is 48.6. The number of ether oxygens (including phenoxy) is 6. The van der Waals surface area contributed by atoms with Gasteiger partial charge in [0.2, 0.25) is 0 Å². The second-order valence-corrected chi connectivity index (χ2v) is 9.43. The lowest BCUT2D eigenvalue weighted by Gasteiger charge is -2.26. The van der Waals surface area contributed by atoms with Gasteiger partial charge in [-0.15, -0.1) is 0 Å². The van der Waals surface area contributed by atoms with Gasteiger partial charge in [0.1, 0.15) is 29.5 Å². The van der Waals surface area contributed by atoms with Gasteiger partial charge in [0.15, 0.2) is 11.5 Å². The van der Waals surface area contributed by atoms with Crippen molar-refractivity contribution < 1.29 is 42.4 Å². The molecule has 0 fully saturated rings. The van der Waals surface area contributed by atoms with Crippen LogP contribution in [0.5, 0.6) is 23.0 Å². The van der Waals surface area contributed by atoms with Gasteiger partial charge in [0.25, 0.3) is 5.91 Å². The monoisotopic (exact) mass is 587 g/mol. The molecular formula is C30H31ClFNO8. The maximum Gasteiger partial charge on any atom is 0.308 e. The number of methoxy groups -OCH3 is 4. The van der Waals surface area contributed by atoms with Crippen LogP contribution in [0.2, 0.25) is 5.02 Å². The van der Waals surface area contributed by atoms with E-state index in [1.807, 2.05) is 0 Å². The molecule has 0 spiro atoms. The molecule has 1 heterocycles. The number of rotatable bonds is 10. The van der Waals surface area contributed by atoms with Crippen LogP contribution in [-0.4, -0.2) is 53.0 Å². The summed E-state index contributed by atoms with van der Waals surface area (Å²) in [6.07, 6.45) is -2.68. The first-order valence-corrected chi connectivity index (χ1v) is 13.2. The Balaban J connectivity index is 1.94. The van der Waals surface area contributed by atoms with Crippen molar-refractivity contribution in [3.63, 3.8) is 0 Å². The second-order valence-electron chi connectivity index (χ2n) is 9.02. The van der Waals surface area contributed by atoms with E-state index in [0.717, 1.165) is 0 Å². The smallest absolute Gasteiger partial charge is 0.308 e. The Kier molecular flexibility index (Phi) is 9.57. The van der Waals surface area contributed by atoms with Crippen LogP contribution < -0.4 is 23.8 Å². The number of amides is 1. The van der Waals surface area contributed by atoms with E-state index in [2.05, 4.69) is 0 Å². The Morgan fingerprint density at radius 2 is 1.73 bits per heavy atom. The fourth-order valence-electron chi connectivity index (χ4n) is 4.77. The SMILES string of the molecule is CCOC(=O)C[C@H]1O[C@H](c2cccc(OC)c2OC)c2cc(Cl)c(F)cc2N(Cc2ccc(OC)cc2OC)C1=O. The van der Waals surface area contributed by atoms with E-state index in [4.69, 9.17) is 40.0 Å². The third-order valence-electron chi connectivity index (χ3n) is 6.68. The summed E-state index contributed by atoms with van der Waals surface area (Å²) in [4.78, 5) is 28.1. The lowest BCUT2D eigenvalue weighted by Crippen LogP contribution is -2.40. The Morgan fingerprint density at radius 3 is 2.39 bits per heavy atom. The molecule has 0 saturated heterocycles. The second kappa shape index (κ2) is 13.1. The molecule has 4 rings (SSSR count). The van der Waals surface area contributed by atoms with Crippen LogP contribution in [0, 0.1) is 5.82 Å². The molecule has 2 atom stereocenters. The predicted octanol–water partition coefficient (Wildman–Crippen LogP) is 5.49. The number of para-hydroxylation sites is 1. The number of halogens is 2. The van der Waals surface area contributed by atoms with Crippen LogP contribution in [0.15, 0.2) is 48.5 Å². The molecule has 1 aliphatic rings. The van der Waals surface area contributed by atoms with Crippen molar-refractivity contribution in [2.45, 2.75) is 32.1 Å². The zero-order valence-electron chi connectivity index (χ0n) is 23.4. The van der Waals surface area contributed by atoms with Crippen LogP contribution in [0.3, 0.4) is 0 Å². The first kappa shape index (κ1) is 30.0. The van der Waals surface area contributed by atoms with Crippen LogP contribution in [0.1, 0.15) is 36.1 Å². The van der Waals surface area contributed by atoms with Gasteiger partial charge in [0.05, 0.1) is 58.7 Å². The van der Waals surface area contributed by atoms with E-state index in [9.17, 15) is 9.59 Å². The van der Waals surface area contributed by atoms with Crippen molar-refractivity contribution >= 4 is 29.2 Å². The highest BCUT2D eigenvalue weighted by molar-refractivity contribution is 6.31. The number of hydrogen-bond acceptors (Lipinski definition) is 8. The molecule has 3 aromatic rings.